The number of benzene rings is 1. The first-order valence-electron chi connectivity index (χ1n) is 10.1. The number of para-hydroxylation sites is 1. The zero-order valence-electron chi connectivity index (χ0n) is 17.2. The molecule has 5 rings (SSSR count). The molecule has 8 nitrogen and oxygen atoms in total. The van der Waals surface area contributed by atoms with Crippen LogP contribution in [0.4, 0.5) is 5.95 Å². The maximum absolute atomic E-state index is 6.00. The Hall–Kier alpha value is -3.13. The molecule has 0 aliphatic carbocycles. The summed E-state index contributed by atoms with van der Waals surface area (Å²) in [6, 6.07) is 12.2. The summed E-state index contributed by atoms with van der Waals surface area (Å²) in [4.78, 5) is 6.64. The summed E-state index contributed by atoms with van der Waals surface area (Å²) < 4.78 is 18.6. The molecule has 1 fully saturated rings. The number of aromatic nitrogens is 4. The largest absolute Gasteiger partial charge is 0.492 e. The number of fused-ring (bicyclic) bond motifs is 2. The van der Waals surface area contributed by atoms with Crippen molar-refractivity contribution < 1.29 is 14.2 Å². The number of hydrogen-bond acceptors (Lipinski definition) is 7. The fourth-order valence-electron chi connectivity index (χ4n) is 4.50. The maximum Gasteiger partial charge on any atom is 0.232 e. The molecule has 0 unspecified atom stereocenters. The molecule has 1 saturated heterocycles. The Morgan fingerprint density at radius 1 is 1.07 bits per heavy atom. The highest BCUT2D eigenvalue weighted by molar-refractivity contribution is 5.48. The number of ether oxygens (including phenoxy) is 3. The van der Waals surface area contributed by atoms with E-state index in [2.05, 4.69) is 38.3 Å². The first-order chi connectivity index (χ1) is 14.7. The van der Waals surface area contributed by atoms with Crippen molar-refractivity contribution in [3.8, 4) is 17.3 Å². The van der Waals surface area contributed by atoms with Crippen LogP contribution in [-0.2, 0) is 16.8 Å². The van der Waals surface area contributed by atoms with Gasteiger partial charge in [-0.15, -0.1) is 10.2 Å². The smallest absolute Gasteiger partial charge is 0.232 e. The Kier molecular flexibility index (Phi) is 4.78. The molecule has 0 N–H and O–H groups in total. The number of piperidine rings is 1. The minimum absolute atomic E-state index is 0.0922. The number of nitrogens with zero attached hydrogens (tertiary/aromatic N) is 5. The van der Waals surface area contributed by atoms with Gasteiger partial charge in [0.15, 0.2) is 5.82 Å². The Labute approximate surface area is 175 Å². The van der Waals surface area contributed by atoms with Gasteiger partial charge < -0.3 is 19.1 Å². The highest BCUT2D eigenvalue weighted by Gasteiger charge is 2.43. The molecule has 156 valence electrons. The molecule has 30 heavy (non-hydrogen) atoms. The van der Waals surface area contributed by atoms with E-state index in [0.29, 0.717) is 12.5 Å². The van der Waals surface area contributed by atoms with Crippen LogP contribution in [-0.4, -0.2) is 53.7 Å². The molecule has 4 heterocycles. The first-order valence-corrected chi connectivity index (χ1v) is 10.1. The summed E-state index contributed by atoms with van der Waals surface area (Å²) in [6.45, 7) is 2.89. The van der Waals surface area contributed by atoms with Crippen molar-refractivity contribution in [2.24, 2.45) is 0 Å². The number of pyridine rings is 1. The topological polar surface area (TPSA) is 74.5 Å². The van der Waals surface area contributed by atoms with Crippen LogP contribution in [0.5, 0.6) is 11.6 Å². The van der Waals surface area contributed by atoms with Crippen molar-refractivity contribution in [1.82, 2.24) is 19.7 Å². The van der Waals surface area contributed by atoms with Gasteiger partial charge in [-0.25, -0.2) is 4.98 Å². The molecule has 1 aromatic carbocycles. The molecule has 0 saturated carbocycles. The normalized spacial score (nSPS) is 17.1. The lowest BCUT2D eigenvalue weighted by atomic mass is 9.74. The van der Waals surface area contributed by atoms with E-state index >= 15 is 0 Å². The quantitative estimate of drug-likeness (QED) is 0.644. The van der Waals surface area contributed by atoms with Gasteiger partial charge in [0, 0.05) is 37.2 Å². The fourth-order valence-corrected chi connectivity index (χ4v) is 4.50. The predicted octanol–water partition coefficient (Wildman–Crippen LogP) is 2.75. The third-order valence-corrected chi connectivity index (χ3v) is 6.14. The summed E-state index contributed by atoms with van der Waals surface area (Å²) in [7, 11) is 3.27. The second-order valence-corrected chi connectivity index (χ2v) is 7.80. The third kappa shape index (κ3) is 3.08. The van der Waals surface area contributed by atoms with Crippen molar-refractivity contribution >= 4 is 5.95 Å². The van der Waals surface area contributed by atoms with E-state index in [4.69, 9.17) is 14.2 Å². The van der Waals surface area contributed by atoms with Gasteiger partial charge in [-0.1, -0.05) is 18.2 Å². The molecule has 2 aliphatic heterocycles. The Bertz CT molecular complexity index is 1030. The van der Waals surface area contributed by atoms with Crippen LogP contribution in [0.3, 0.4) is 0 Å². The van der Waals surface area contributed by atoms with E-state index < -0.39 is 0 Å². The molecule has 0 bridgehead atoms. The summed E-state index contributed by atoms with van der Waals surface area (Å²) >= 11 is 0. The van der Waals surface area contributed by atoms with Gasteiger partial charge >= 0.3 is 0 Å². The average Bonchev–Trinajstić information content (AvgIpc) is 3.37. The first kappa shape index (κ1) is 18.9. The van der Waals surface area contributed by atoms with E-state index in [-0.39, 0.29) is 5.41 Å². The standard InChI is InChI=1S/C22H25N5O3/c1-28-14-19-24-25-21(27(19)16-7-8-20(29-2)23-13-16)26-11-9-22(10-12-26)15-30-18-6-4-3-5-17(18)22/h3-8,13H,9-12,14-15H2,1-2H3. The summed E-state index contributed by atoms with van der Waals surface area (Å²) in [5.41, 5.74) is 2.32. The monoisotopic (exact) mass is 407 g/mol. The van der Waals surface area contributed by atoms with Crippen LogP contribution < -0.4 is 14.4 Å². The van der Waals surface area contributed by atoms with Crippen LogP contribution >= 0.6 is 0 Å². The summed E-state index contributed by atoms with van der Waals surface area (Å²) in [5.74, 6) is 3.16. The van der Waals surface area contributed by atoms with Crippen molar-refractivity contribution in [3.63, 3.8) is 0 Å². The van der Waals surface area contributed by atoms with Crippen molar-refractivity contribution in [2.45, 2.75) is 24.9 Å². The maximum atomic E-state index is 6.00. The van der Waals surface area contributed by atoms with Crippen molar-refractivity contribution in [3.05, 3.63) is 54.0 Å². The van der Waals surface area contributed by atoms with Gasteiger partial charge in [0.25, 0.3) is 0 Å². The number of rotatable bonds is 5. The number of anilines is 1. The molecular formula is C22H25N5O3. The van der Waals surface area contributed by atoms with Crippen LogP contribution in [0.1, 0.15) is 24.2 Å². The third-order valence-electron chi connectivity index (χ3n) is 6.14. The van der Waals surface area contributed by atoms with E-state index in [0.717, 1.165) is 55.7 Å². The van der Waals surface area contributed by atoms with Crippen LogP contribution in [0.15, 0.2) is 42.6 Å². The minimum Gasteiger partial charge on any atom is -0.492 e. The Balaban J connectivity index is 1.43. The summed E-state index contributed by atoms with van der Waals surface area (Å²) in [5, 5.41) is 8.89. The Morgan fingerprint density at radius 3 is 2.63 bits per heavy atom. The van der Waals surface area contributed by atoms with E-state index in [1.54, 1.807) is 20.4 Å². The van der Waals surface area contributed by atoms with E-state index in [9.17, 15) is 0 Å². The molecule has 0 amide bonds. The zero-order chi connectivity index (χ0) is 20.6. The summed E-state index contributed by atoms with van der Waals surface area (Å²) in [6.07, 6.45) is 3.80. The van der Waals surface area contributed by atoms with Crippen molar-refractivity contribution in [2.75, 3.05) is 38.8 Å². The van der Waals surface area contributed by atoms with Gasteiger partial charge in [-0.2, -0.15) is 0 Å². The lowest BCUT2D eigenvalue weighted by molar-refractivity contribution is 0.176. The highest BCUT2D eigenvalue weighted by Crippen LogP contribution is 2.45. The van der Waals surface area contributed by atoms with Gasteiger partial charge in [-0.3, -0.25) is 4.57 Å². The second kappa shape index (κ2) is 7.60. The molecule has 3 aromatic rings. The SMILES string of the molecule is COCc1nnc(N2CCC3(CC2)COc2ccccc23)n1-c1ccc(OC)nc1. The second-order valence-electron chi connectivity index (χ2n) is 7.80. The zero-order valence-corrected chi connectivity index (χ0v) is 17.2. The lowest BCUT2D eigenvalue weighted by Gasteiger charge is -2.38. The van der Waals surface area contributed by atoms with Crippen LogP contribution in [0, 0.1) is 0 Å². The highest BCUT2D eigenvalue weighted by atomic mass is 16.5. The number of hydrogen-bond donors (Lipinski definition) is 0. The van der Waals surface area contributed by atoms with Crippen LogP contribution in [0.25, 0.3) is 5.69 Å². The van der Waals surface area contributed by atoms with E-state index in [1.165, 1.54) is 5.56 Å². The molecule has 2 aliphatic rings. The number of methoxy groups -OCH3 is 2. The van der Waals surface area contributed by atoms with Gasteiger partial charge in [-0.05, 0) is 25.0 Å². The molecule has 1 spiro atoms. The average molecular weight is 407 g/mol. The fraction of sp³-hybridized carbons (Fsp3) is 0.409. The van der Waals surface area contributed by atoms with Crippen molar-refractivity contribution in [1.29, 1.82) is 0 Å². The molecular weight excluding hydrogens is 382 g/mol. The minimum atomic E-state index is 0.0922. The molecule has 0 atom stereocenters. The predicted molar refractivity (Wildman–Crippen MR) is 111 cm³/mol. The molecule has 0 radical (unpaired) electrons. The molecule has 8 heteroatoms. The Morgan fingerprint density at radius 2 is 1.90 bits per heavy atom. The van der Waals surface area contributed by atoms with E-state index in [1.807, 2.05) is 22.8 Å². The van der Waals surface area contributed by atoms with Gasteiger partial charge in [0.1, 0.15) is 12.4 Å². The molecule has 2 aromatic heterocycles. The lowest BCUT2D eigenvalue weighted by Crippen LogP contribution is -2.44. The van der Waals surface area contributed by atoms with Crippen LogP contribution in [0.2, 0.25) is 0 Å². The van der Waals surface area contributed by atoms with Gasteiger partial charge in [0.05, 0.1) is 25.6 Å². The van der Waals surface area contributed by atoms with Gasteiger partial charge in [0.2, 0.25) is 11.8 Å².